The maximum absolute atomic E-state index is 10.2. The van der Waals surface area contributed by atoms with Gasteiger partial charge in [0, 0.05) is 0 Å². The van der Waals surface area contributed by atoms with Gasteiger partial charge in [0.1, 0.15) is 6.61 Å². The van der Waals surface area contributed by atoms with Crippen LogP contribution in [0.4, 0.5) is 0 Å². The van der Waals surface area contributed by atoms with E-state index in [1.54, 1.807) is 0 Å². The van der Waals surface area contributed by atoms with Gasteiger partial charge in [-0.3, -0.25) is 4.79 Å². The van der Waals surface area contributed by atoms with Crippen molar-refractivity contribution in [1.82, 2.24) is 0 Å². The third-order valence-electron chi connectivity index (χ3n) is 0.518. The third kappa shape index (κ3) is 3.28. The number of carbonyl (C=O) groups excluding carboxylic acids is 2. The lowest BCUT2D eigenvalue weighted by Gasteiger charge is -1.95. The van der Waals surface area contributed by atoms with Crippen molar-refractivity contribution in [2.45, 2.75) is 0 Å². The molecule has 4 nitrogen and oxygen atoms in total. The van der Waals surface area contributed by atoms with Gasteiger partial charge in [0.25, 0.3) is 0 Å². The van der Waals surface area contributed by atoms with Gasteiger partial charge >= 0.3 is 5.97 Å². The van der Waals surface area contributed by atoms with E-state index in [9.17, 15) is 9.59 Å². The molecule has 0 spiro atoms. The fourth-order valence-corrected chi connectivity index (χ4v) is 0.193. The van der Waals surface area contributed by atoms with Crippen molar-refractivity contribution in [3.8, 4) is 0 Å². The summed E-state index contributed by atoms with van der Waals surface area (Å²) in [6.45, 7) is 2.52. The van der Waals surface area contributed by atoms with Crippen molar-refractivity contribution >= 4 is 12.3 Å². The van der Waals surface area contributed by atoms with Crippen LogP contribution in [0.3, 0.4) is 0 Å². The van der Waals surface area contributed by atoms with Gasteiger partial charge in [0.2, 0.25) is 0 Å². The highest BCUT2D eigenvalue weighted by Gasteiger charge is 2.03. The summed E-state index contributed by atoms with van der Waals surface area (Å²) < 4.78 is 4.10. The first kappa shape index (κ1) is 7.68. The Kier molecular flexibility index (Phi) is 3.12. The minimum atomic E-state index is -0.970. The van der Waals surface area contributed by atoms with Gasteiger partial charge in [-0.25, -0.2) is 4.79 Å². The number of hydrogen-bond acceptors (Lipinski definition) is 4. The molecule has 0 aromatic carbocycles. The van der Waals surface area contributed by atoms with Crippen LogP contribution in [0.25, 0.3) is 0 Å². The zero-order chi connectivity index (χ0) is 7.28. The molecule has 0 saturated heterocycles. The molecule has 0 atom stereocenters. The molecule has 0 radical (unpaired) electrons. The Bertz CT molecular complexity index is 138. The number of rotatable bonds is 3. The monoisotopic (exact) mass is 130 g/mol. The van der Waals surface area contributed by atoms with Crippen LogP contribution in [0.15, 0.2) is 12.3 Å². The SMILES string of the molecule is C=C(O)C(=O)OCC=O. The van der Waals surface area contributed by atoms with Crippen molar-refractivity contribution in [1.29, 1.82) is 0 Å². The minimum absolute atomic E-state index is 0.349. The fourth-order valence-electron chi connectivity index (χ4n) is 0.193. The average molecular weight is 130 g/mol. The molecule has 1 N–H and O–H groups in total. The minimum Gasteiger partial charge on any atom is -0.502 e. The van der Waals surface area contributed by atoms with E-state index in [1.165, 1.54) is 0 Å². The molecule has 0 aromatic heterocycles. The molecule has 4 heteroatoms. The quantitative estimate of drug-likeness (QED) is 0.249. The molecule has 0 aliphatic rings. The fraction of sp³-hybridized carbons (Fsp3) is 0.200. The first-order chi connectivity index (χ1) is 4.18. The molecular weight excluding hydrogens is 124 g/mol. The van der Waals surface area contributed by atoms with E-state index < -0.39 is 11.7 Å². The smallest absolute Gasteiger partial charge is 0.373 e. The van der Waals surface area contributed by atoms with Gasteiger partial charge in [-0.15, -0.1) is 0 Å². The topological polar surface area (TPSA) is 63.6 Å². The van der Waals surface area contributed by atoms with Crippen LogP contribution in [0.5, 0.6) is 0 Å². The Balaban J connectivity index is 3.51. The lowest BCUT2D eigenvalue weighted by atomic mass is 10.6. The lowest BCUT2D eigenvalue weighted by molar-refractivity contribution is -0.144. The zero-order valence-electron chi connectivity index (χ0n) is 4.66. The first-order valence-corrected chi connectivity index (χ1v) is 2.17. The molecule has 0 amide bonds. The van der Waals surface area contributed by atoms with Gasteiger partial charge in [-0.05, 0) is 6.58 Å². The number of aldehydes is 1. The van der Waals surface area contributed by atoms with E-state index in [4.69, 9.17) is 5.11 Å². The van der Waals surface area contributed by atoms with Crippen LogP contribution in [0.1, 0.15) is 0 Å². The van der Waals surface area contributed by atoms with Crippen molar-refractivity contribution in [3.63, 3.8) is 0 Å². The molecule has 0 fully saturated rings. The van der Waals surface area contributed by atoms with Gasteiger partial charge in [-0.1, -0.05) is 0 Å². The normalized spacial score (nSPS) is 8.00. The number of aliphatic hydroxyl groups excluding tert-OH is 1. The number of hydrogen-bond donors (Lipinski definition) is 1. The summed E-state index contributed by atoms with van der Waals surface area (Å²) in [5.41, 5.74) is 0. The number of esters is 1. The Morgan fingerprint density at radius 1 is 1.78 bits per heavy atom. The molecule has 50 valence electrons. The molecule has 0 saturated carbocycles. The van der Waals surface area contributed by atoms with Crippen LogP contribution in [0, 0.1) is 0 Å². The Hall–Kier alpha value is -1.32. The highest BCUT2D eigenvalue weighted by Crippen LogP contribution is 1.85. The van der Waals surface area contributed by atoms with E-state index in [-0.39, 0.29) is 6.61 Å². The van der Waals surface area contributed by atoms with E-state index >= 15 is 0 Å². The predicted octanol–water partition coefficient (Wildman–Crippen LogP) is -0.200. The molecular formula is C5H6O4. The van der Waals surface area contributed by atoms with Crippen molar-refractivity contribution in [2.75, 3.05) is 6.61 Å². The molecule has 0 heterocycles. The second-order valence-corrected chi connectivity index (χ2v) is 1.21. The summed E-state index contributed by atoms with van der Waals surface area (Å²) in [7, 11) is 0. The molecule has 0 unspecified atom stereocenters. The zero-order valence-corrected chi connectivity index (χ0v) is 4.66. The van der Waals surface area contributed by atoms with Crippen LogP contribution in [-0.4, -0.2) is 24.0 Å². The molecule has 9 heavy (non-hydrogen) atoms. The maximum atomic E-state index is 10.2. The molecule has 0 aliphatic heterocycles. The van der Waals surface area contributed by atoms with Crippen LogP contribution < -0.4 is 0 Å². The summed E-state index contributed by atoms with van der Waals surface area (Å²) in [4.78, 5) is 19.7. The summed E-state index contributed by atoms with van der Waals surface area (Å²) in [5.74, 6) is -1.67. The van der Waals surface area contributed by atoms with Gasteiger partial charge < -0.3 is 9.84 Å². The highest BCUT2D eigenvalue weighted by atomic mass is 16.5. The first-order valence-electron chi connectivity index (χ1n) is 2.17. The second-order valence-electron chi connectivity index (χ2n) is 1.21. The van der Waals surface area contributed by atoms with Gasteiger partial charge in [0.15, 0.2) is 12.0 Å². The molecule has 0 aliphatic carbocycles. The average Bonchev–Trinajstić information content (AvgIpc) is 1.82. The molecule has 0 bridgehead atoms. The summed E-state index contributed by atoms with van der Waals surface area (Å²) in [5, 5.41) is 8.26. The standard InChI is InChI=1S/C5H6O4/c1-4(7)5(8)9-3-2-6/h2,7H,1,3H2. The Morgan fingerprint density at radius 2 is 2.33 bits per heavy atom. The predicted molar refractivity (Wildman–Crippen MR) is 28.8 cm³/mol. The van der Waals surface area contributed by atoms with Crippen LogP contribution >= 0.6 is 0 Å². The molecule has 0 rings (SSSR count). The highest BCUT2D eigenvalue weighted by molar-refractivity contribution is 5.85. The van der Waals surface area contributed by atoms with E-state index in [0.29, 0.717) is 6.29 Å². The lowest BCUT2D eigenvalue weighted by Crippen LogP contribution is -2.07. The summed E-state index contributed by atoms with van der Waals surface area (Å²) in [6.07, 6.45) is 0.404. The Morgan fingerprint density at radius 3 is 2.67 bits per heavy atom. The van der Waals surface area contributed by atoms with Gasteiger partial charge in [-0.2, -0.15) is 0 Å². The number of aliphatic hydroxyl groups is 1. The van der Waals surface area contributed by atoms with Crippen LogP contribution in [-0.2, 0) is 14.3 Å². The Labute approximate surface area is 51.7 Å². The van der Waals surface area contributed by atoms with E-state index in [2.05, 4.69) is 11.3 Å². The van der Waals surface area contributed by atoms with E-state index in [0.717, 1.165) is 0 Å². The second kappa shape index (κ2) is 3.65. The maximum Gasteiger partial charge on any atom is 0.373 e. The number of ether oxygens (including phenoxy) is 1. The van der Waals surface area contributed by atoms with Gasteiger partial charge in [0.05, 0.1) is 0 Å². The molecule has 0 aromatic rings. The summed E-state index contributed by atoms with van der Waals surface area (Å²) >= 11 is 0. The van der Waals surface area contributed by atoms with Crippen molar-refractivity contribution in [3.05, 3.63) is 12.3 Å². The third-order valence-corrected chi connectivity index (χ3v) is 0.518. The van der Waals surface area contributed by atoms with Crippen LogP contribution in [0.2, 0.25) is 0 Å². The number of carbonyl (C=O) groups is 2. The van der Waals surface area contributed by atoms with Crippen molar-refractivity contribution in [2.24, 2.45) is 0 Å². The van der Waals surface area contributed by atoms with E-state index in [1.807, 2.05) is 0 Å². The largest absolute Gasteiger partial charge is 0.502 e. The van der Waals surface area contributed by atoms with Crippen molar-refractivity contribution < 1.29 is 19.4 Å². The summed E-state index contributed by atoms with van der Waals surface area (Å²) in [6, 6.07) is 0.